The Labute approximate surface area is 152 Å². The highest BCUT2D eigenvalue weighted by Gasteiger charge is 2.35. The zero-order valence-electron chi connectivity index (χ0n) is 15.0. The molecule has 1 aliphatic heterocycles. The van der Waals surface area contributed by atoms with Crippen molar-refractivity contribution < 1.29 is 24.3 Å². The van der Waals surface area contributed by atoms with Gasteiger partial charge < -0.3 is 15.2 Å². The molecule has 0 bridgehead atoms. The summed E-state index contributed by atoms with van der Waals surface area (Å²) in [5.74, 6) is -2.60. The lowest BCUT2D eigenvalue weighted by Crippen LogP contribution is -2.34. The molecule has 0 saturated heterocycles. The Balaban J connectivity index is 2.15. The lowest BCUT2D eigenvalue weighted by atomic mass is 9.97. The van der Waals surface area contributed by atoms with E-state index in [1.54, 1.807) is 6.07 Å². The van der Waals surface area contributed by atoms with Gasteiger partial charge in [0.25, 0.3) is 11.8 Å². The molecule has 26 heavy (non-hydrogen) atoms. The first-order valence-electron chi connectivity index (χ1n) is 8.90. The van der Waals surface area contributed by atoms with E-state index in [0.29, 0.717) is 5.69 Å². The summed E-state index contributed by atoms with van der Waals surface area (Å²) in [4.78, 5) is 48.5. The zero-order valence-corrected chi connectivity index (χ0v) is 15.0. The first-order valence-corrected chi connectivity index (χ1v) is 8.90. The summed E-state index contributed by atoms with van der Waals surface area (Å²) >= 11 is 0. The summed E-state index contributed by atoms with van der Waals surface area (Å²) in [6.45, 7) is 3.82. The SMILES string of the molecule is CCCC(CCC)C(=O)Nc1ccc2c(c1)C(=O)N(CCC(=O)[O-])C2=O. The standard InChI is InChI=1S/C19H24N2O5/c1-3-5-12(6-4-2)17(24)20-13-7-8-14-15(11-13)19(26)21(18(14)25)10-9-16(22)23/h7-8,11-12H,3-6,9-10H2,1-2H3,(H,20,24)(H,22,23)/p-1. The highest BCUT2D eigenvalue weighted by molar-refractivity contribution is 6.22. The Morgan fingerprint density at radius 1 is 1.08 bits per heavy atom. The Kier molecular flexibility index (Phi) is 6.49. The van der Waals surface area contributed by atoms with E-state index in [1.165, 1.54) is 12.1 Å². The van der Waals surface area contributed by atoms with Gasteiger partial charge >= 0.3 is 0 Å². The number of carbonyl (C=O) groups excluding carboxylic acids is 4. The first-order chi connectivity index (χ1) is 12.4. The highest BCUT2D eigenvalue weighted by atomic mass is 16.4. The number of fused-ring (bicyclic) bond motifs is 1. The Bertz CT molecular complexity index is 723. The van der Waals surface area contributed by atoms with E-state index in [2.05, 4.69) is 5.32 Å². The number of aliphatic carboxylic acids is 1. The molecule has 1 N–H and O–H groups in total. The van der Waals surface area contributed by atoms with Crippen molar-refractivity contribution in [1.82, 2.24) is 4.90 Å². The van der Waals surface area contributed by atoms with E-state index in [9.17, 15) is 24.3 Å². The monoisotopic (exact) mass is 359 g/mol. The molecule has 2 rings (SSSR count). The molecule has 0 radical (unpaired) electrons. The van der Waals surface area contributed by atoms with Gasteiger partial charge in [-0.15, -0.1) is 0 Å². The van der Waals surface area contributed by atoms with Gasteiger partial charge in [-0.3, -0.25) is 19.3 Å². The van der Waals surface area contributed by atoms with E-state index in [1.807, 2.05) is 13.8 Å². The molecular formula is C19H23N2O5-. The largest absolute Gasteiger partial charge is 0.550 e. The molecule has 0 saturated carbocycles. The number of carboxylic acid groups (broad SMARTS) is 1. The summed E-state index contributed by atoms with van der Waals surface area (Å²) in [5.41, 5.74) is 0.840. The smallest absolute Gasteiger partial charge is 0.261 e. The maximum absolute atomic E-state index is 12.4. The fourth-order valence-electron chi connectivity index (χ4n) is 3.12. The quantitative estimate of drug-likeness (QED) is 0.674. The van der Waals surface area contributed by atoms with Crippen molar-refractivity contribution in [3.05, 3.63) is 29.3 Å². The van der Waals surface area contributed by atoms with Crippen LogP contribution in [0.25, 0.3) is 0 Å². The van der Waals surface area contributed by atoms with E-state index >= 15 is 0 Å². The molecular weight excluding hydrogens is 336 g/mol. The average molecular weight is 359 g/mol. The van der Waals surface area contributed by atoms with Crippen molar-refractivity contribution in [3.8, 4) is 0 Å². The summed E-state index contributed by atoms with van der Waals surface area (Å²) in [5, 5.41) is 13.4. The molecule has 7 nitrogen and oxygen atoms in total. The van der Waals surface area contributed by atoms with Crippen molar-refractivity contribution in [2.45, 2.75) is 46.0 Å². The van der Waals surface area contributed by atoms with Crippen molar-refractivity contribution in [2.24, 2.45) is 5.92 Å². The van der Waals surface area contributed by atoms with Gasteiger partial charge in [0.2, 0.25) is 5.91 Å². The molecule has 1 aromatic rings. The topological polar surface area (TPSA) is 107 Å². The third kappa shape index (κ3) is 4.28. The number of benzene rings is 1. The second-order valence-corrected chi connectivity index (χ2v) is 6.41. The predicted molar refractivity (Wildman–Crippen MR) is 93.4 cm³/mol. The lowest BCUT2D eigenvalue weighted by molar-refractivity contribution is -0.305. The van der Waals surface area contributed by atoms with Crippen LogP contribution in [0.4, 0.5) is 5.69 Å². The van der Waals surface area contributed by atoms with Crippen molar-refractivity contribution in [3.63, 3.8) is 0 Å². The first kappa shape index (κ1) is 19.6. The van der Waals surface area contributed by atoms with Crippen molar-refractivity contribution >= 4 is 29.4 Å². The number of carbonyl (C=O) groups is 4. The van der Waals surface area contributed by atoms with Gasteiger partial charge in [0.15, 0.2) is 0 Å². The summed E-state index contributed by atoms with van der Waals surface area (Å²) in [6.07, 6.45) is 2.98. The second-order valence-electron chi connectivity index (χ2n) is 6.41. The van der Waals surface area contributed by atoms with E-state index < -0.39 is 24.2 Å². The minimum atomic E-state index is -1.33. The fourth-order valence-corrected chi connectivity index (χ4v) is 3.12. The third-order valence-electron chi connectivity index (χ3n) is 4.42. The second kappa shape index (κ2) is 8.60. The minimum absolute atomic E-state index is 0.0878. The minimum Gasteiger partial charge on any atom is -0.550 e. The lowest BCUT2D eigenvalue weighted by Gasteiger charge is -2.15. The number of rotatable bonds is 9. The number of anilines is 1. The van der Waals surface area contributed by atoms with E-state index in [-0.39, 0.29) is 29.5 Å². The molecule has 7 heteroatoms. The van der Waals surface area contributed by atoms with Crippen LogP contribution in [0, 0.1) is 5.92 Å². The predicted octanol–water partition coefficient (Wildman–Crippen LogP) is 1.58. The maximum atomic E-state index is 12.4. The molecule has 0 spiro atoms. The van der Waals surface area contributed by atoms with Gasteiger partial charge in [-0.25, -0.2) is 0 Å². The molecule has 0 aromatic heterocycles. The molecule has 0 fully saturated rings. The van der Waals surface area contributed by atoms with Crippen molar-refractivity contribution in [2.75, 3.05) is 11.9 Å². The van der Waals surface area contributed by atoms with Crippen LogP contribution >= 0.6 is 0 Å². The molecule has 0 atom stereocenters. The summed E-state index contributed by atoms with van der Waals surface area (Å²) < 4.78 is 0. The number of nitrogens with one attached hydrogen (secondary N) is 1. The number of hydrogen-bond acceptors (Lipinski definition) is 5. The normalized spacial score (nSPS) is 13.3. The number of carboxylic acids is 1. The maximum Gasteiger partial charge on any atom is 0.261 e. The molecule has 1 aromatic carbocycles. The Morgan fingerprint density at radius 2 is 1.69 bits per heavy atom. The van der Waals surface area contributed by atoms with E-state index in [0.717, 1.165) is 30.6 Å². The third-order valence-corrected chi connectivity index (χ3v) is 4.42. The van der Waals surface area contributed by atoms with Crippen LogP contribution in [-0.4, -0.2) is 35.1 Å². The number of hydrogen-bond donors (Lipinski definition) is 1. The molecule has 0 aliphatic carbocycles. The Morgan fingerprint density at radius 3 is 2.27 bits per heavy atom. The van der Waals surface area contributed by atoms with Gasteiger partial charge in [-0.05, 0) is 31.0 Å². The number of imide groups is 1. The van der Waals surface area contributed by atoms with Crippen molar-refractivity contribution in [1.29, 1.82) is 0 Å². The van der Waals surface area contributed by atoms with Crippen LogP contribution in [0.2, 0.25) is 0 Å². The van der Waals surface area contributed by atoms with Gasteiger partial charge in [0.1, 0.15) is 0 Å². The molecule has 140 valence electrons. The van der Waals surface area contributed by atoms with Crippen LogP contribution in [-0.2, 0) is 9.59 Å². The van der Waals surface area contributed by atoms with Crippen LogP contribution < -0.4 is 10.4 Å². The highest BCUT2D eigenvalue weighted by Crippen LogP contribution is 2.26. The molecule has 3 amide bonds. The van der Waals surface area contributed by atoms with Crippen LogP contribution in [0.15, 0.2) is 18.2 Å². The van der Waals surface area contributed by atoms with Crippen LogP contribution in [0.5, 0.6) is 0 Å². The average Bonchev–Trinajstić information content (AvgIpc) is 2.83. The van der Waals surface area contributed by atoms with Gasteiger partial charge in [-0.1, -0.05) is 26.7 Å². The number of amides is 3. The van der Waals surface area contributed by atoms with Gasteiger partial charge in [0, 0.05) is 30.5 Å². The Hall–Kier alpha value is -2.70. The molecule has 0 unspecified atom stereocenters. The molecule has 1 aliphatic rings. The zero-order chi connectivity index (χ0) is 19.3. The summed E-state index contributed by atoms with van der Waals surface area (Å²) in [7, 11) is 0. The van der Waals surface area contributed by atoms with E-state index in [4.69, 9.17) is 0 Å². The van der Waals surface area contributed by atoms with Gasteiger partial charge in [0.05, 0.1) is 11.1 Å². The van der Waals surface area contributed by atoms with Crippen LogP contribution in [0.1, 0.15) is 66.7 Å². The summed E-state index contributed by atoms with van der Waals surface area (Å²) in [6, 6.07) is 4.54. The molecule has 1 heterocycles. The number of nitrogens with zero attached hydrogens (tertiary/aromatic N) is 1. The van der Waals surface area contributed by atoms with Gasteiger partial charge in [-0.2, -0.15) is 0 Å². The van der Waals surface area contributed by atoms with Crippen LogP contribution in [0.3, 0.4) is 0 Å². The fraction of sp³-hybridized carbons (Fsp3) is 0.474.